The van der Waals surface area contributed by atoms with Crippen molar-refractivity contribution in [2.75, 3.05) is 17.0 Å². The molecule has 2 amide bonds. The van der Waals surface area contributed by atoms with Crippen molar-refractivity contribution in [3.8, 4) is 11.5 Å². The maximum absolute atomic E-state index is 12.5. The Morgan fingerprint density at radius 1 is 1.00 bits per heavy atom. The van der Waals surface area contributed by atoms with E-state index in [0.717, 1.165) is 5.69 Å². The van der Waals surface area contributed by atoms with Gasteiger partial charge in [-0.2, -0.15) is 0 Å². The number of rotatable bonds is 3. The molecular formula is C17H14N2O4. The highest BCUT2D eigenvalue weighted by atomic mass is 16.7. The van der Waals surface area contributed by atoms with Crippen LogP contribution in [0.25, 0.3) is 0 Å². The molecule has 1 saturated heterocycles. The van der Waals surface area contributed by atoms with Gasteiger partial charge < -0.3 is 14.8 Å². The van der Waals surface area contributed by atoms with Crippen LogP contribution in [0.4, 0.5) is 11.4 Å². The Kier molecular flexibility index (Phi) is 3.15. The lowest BCUT2D eigenvalue weighted by atomic mass is 10.2. The van der Waals surface area contributed by atoms with Gasteiger partial charge in [-0.25, -0.2) is 4.90 Å². The molecule has 0 aromatic heterocycles. The number of hydrogen-bond donors (Lipinski definition) is 1. The van der Waals surface area contributed by atoms with E-state index >= 15 is 0 Å². The fraction of sp³-hybridized carbons (Fsp3) is 0.176. The third kappa shape index (κ3) is 2.38. The number of nitrogens with zero attached hydrogens (tertiary/aromatic N) is 1. The van der Waals surface area contributed by atoms with Gasteiger partial charge in [-0.3, -0.25) is 9.59 Å². The molecule has 0 bridgehead atoms. The summed E-state index contributed by atoms with van der Waals surface area (Å²) in [5.74, 6) is 0.847. The maximum atomic E-state index is 12.5. The number of anilines is 2. The van der Waals surface area contributed by atoms with Gasteiger partial charge in [0.25, 0.3) is 5.91 Å². The largest absolute Gasteiger partial charge is 0.454 e. The average molecular weight is 310 g/mol. The first-order valence-corrected chi connectivity index (χ1v) is 7.30. The van der Waals surface area contributed by atoms with Crippen LogP contribution in [-0.4, -0.2) is 24.6 Å². The number of amides is 2. The highest BCUT2D eigenvalue weighted by Gasteiger charge is 2.39. The Bertz CT molecular complexity index is 775. The Hall–Kier alpha value is -3.02. The smallest absolute Gasteiger partial charge is 0.256 e. The summed E-state index contributed by atoms with van der Waals surface area (Å²) < 4.78 is 10.6. The van der Waals surface area contributed by atoms with Gasteiger partial charge in [0, 0.05) is 11.8 Å². The molecule has 2 aliphatic rings. The van der Waals surface area contributed by atoms with Crippen LogP contribution in [0, 0.1) is 0 Å². The lowest BCUT2D eigenvalue weighted by molar-refractivity contribution is -0.121. The first kappa shape index (κ1) is 13.6. The summed E-state index contributed by atoms with van der Waals surface area (Å²) >= 11 is 0. The molecule has 2 aliphatic heterocycles. The number of ether oxygens (including phenoxy) is 2. The molecule has 4 rings (SSSR count). The van der Waals surface area contributed by atoms with Crippen molar-refractivity contribution >= 4 is 23.2 Å². The van der Waals surface area contributed by atoms with Gasteiger partial charge in [0.05, 0.1) is 12.1 Å². The topological polar surface area (TPSA) is 67.9 Å². The average Bonchev–Trinajstić information content (AvgIpc) is 3.13. The molecular weight excluding hydrogens is 296 g/mol. The molecule has 0 unspecified atom stereocenters. The maximum Gasteiger partial charge on any atom is 0.256 e. The predicted octanol–water partition coefficient (Wildman–Crippen LogP) is 2.16. The van der Waals surface area contributed by atoms with Crippen molar-refractivity contribution in [2.24, 2.45) is 0 Å². The van der Waals surface area contributed by atoms with Crippen LogP contribution >= 0.6 is 0 Å². The van der Waals surface area contributed by atoms with Gasteiger partial charge in [-0.05, 0) is 24.3 Å². The highest BCUT2D eigenvalue weighted by molar-refractivity contribution is 6.23. The molecule has 0 radical (unpaired) electrons. The van der Waals surface area contributed by atoms with E-state index in [1.54, 1.807) is 42.5 Å². The van der Waals surface area contributed by atoms with E-state index in [4.69, 9.17) is 9.47 Å². The lowest BCUT2D eigenvalue weighted by Gasteiger charge is -2.16. The quantitative estimate of drug-likeness (QED) is 0.880. The Morgan fingerprint density at radius 3 is 2.61 bits per heavy atom. The first-order chi connectivity index (χ1) is 11.2. The Labute approximate surface area is 132 Å². The van der Waals surface area contributed by atoms with Crippen LogP contribution in [0.15, 0.2) is 48.5 Å². The fourth-order valence-corrected chi connectivity index (χ4v) is 2.78. The number of hydrogen-bond acceptors (Lipinski definition) is 5. The van der Waals surface area contributed by atoms with E-state index in [2.05, 4.69) is 5.32 Å². The van der Waals surface area contributed by atoms with E-state index in [9.17, 15) is 9.59 Å². The van der Waals surface area contributed by atoms with Crippen molar-refractivity contribution in [3.05, 3.63) is 48.5 Å². The number of nitrogens with one attached hydrogen (secondary N) is 1. The van der Waals surface area contributed by atoms with Gasteiger partial charge in [-0.1, -0.05) is 18.2 Å². The van der Waals surface area contributed by atoms with Gasteiger partial charge in [0.2, 0.25) is 12.7 Å². The highest BCUT2D eigenvalue weighted by Crippen LogP contribution is 2.35. The zero-order valence-electron chi connectivity index (χ0n) is 12.2. The second-order valence-corrected chi connectivity index (χ2v) is 5.37. The summed E-state index contributed by atoms with van der Waals surface area (Å²) in [4.78, 5) is 26.0. The third-order valence-corrected chi connectivity index (χ3v) is 3.87. The molecule has 23 heavy (non-hydrogen) atoms. The molecule has 0 saturated carbocycles. The molecule has 6 nitrogen and oxygen atoms in total. The summed E-state index contributed by atoms with van der Waals surface area (Å²) in [6.45, 7) is 0.196. The van der Waals surface area contributed by atoms with Crippen molar-refractivity contribution in [1.82, 2.24) is 0 Å². The minimum absolute atomic E-state index is 0.127. The van der Waals surface area contributed by atoms with Crippen molar-refractivity contribution in [2.45, 2.75) is 12.5 Å². The molecule has 2 heterocycles. The lowest BCUT2D eigenvalue weighted by Crippen LogP contribution is -2.34. The number of carbonyl (C=O) groups is 2. The zero-order chi connectivity index (χ0) is 15.8. The number of benzene rings is 2. The minimum atomic E-state index is -0.580. The molecule has 116 valence electrons. The van der Waals surface area contributed by atoms with Gasteiger partial charge in [-0.15, -0.1) is 0 Å². The van der Waals surface area contributed by atoms with Crippen LogP contribution in [-0.2, 0) is 9.59 Å². The molecule has 0 spiro atoms. The van der Waals surface area contributed by atoms with E-state index in [0.29, 0.717) is 17.2 Å². The normalized spacial score (nSPS) is 19.3. The van der Waals surface area contributed by atoms with Crippen molar-refractivity contribution in [1.29, 1.82) is 0 Å². The third-order valence-electron chi connectivity index (χ3n) is 3.87. The van der Waals surface area contributed by atoms with E-state index in [1.807, 2.05) is 6.07 Å². The second kappa shape index (κ2) is 5.31. The molecule has 6 heteroatoms. The monoisotopic (exact) mass is 310 g/mol. The Balaban J connectivity index is 1.54. The molecule has 1 fully saturated rings. The number of fused-ring (bicyclic) bond motifs is 1. The van der Waals surface area contributed by atoms with Gasteiger partial charge in [0.15, 0.2) is 11.5 Å². The van der Waals surface area contributed by atoms with Gasteiger partial charge in [0.1, 0.15) is 6.04 Å². The van der Waals surface area contributed by atoms with Gasteiger partial charge >= 0.3 is 0 Å². The summed E-state index contributed by atoms with van der Waals surface area (Å²) in [5, 5.41) is 3.10. The molecule has 1 atom stereocenters. The van der Waals surface area contributed by atoms with Crippen molar-refractivity contribution in [3.63, 3.8) is 0 Å². The number of carbonyl (C=O) groups excluding carboxylic acids is 2. The molecule has 2 aromatic rings. The SMILES string of the molecule is O=C1C[C@H](Nc2ccc3c(c2)OCO3)C(=O)N1c1ccccc1. The first-order valence-electron chi connectivity index (χ1n) is 7.30. The Morgan fingerprint density at radius 2 is 1.78 bits per heavy atom. The summed E-state index contributed by atoms with van der Waals surface area (Å²) in [7, 11) is 0. The van der Waals surface area contributed by atoms with E-state index < -0.39 is 6.04 Å². The second-order valence-electron chi connectivity index (χ2n) is 5.37. The molecule has 1 N–H and O–H groups in total. The number of imide groups is 1. The summed E-state index contributed by atoms with van der Waals surface area (Å²) in [5.41, 5.74) is 1.31. The zero-order valence-corrected chi connectivity index (χ0v) is 12.2. The van der Waals surface area contributed by atoms with Crippen molar-refractivity contribution < 1.29 is 19.1 Å². The fourth-order valence-electron chi connectivity index (χ4n) is 2.78. The van der Waals surface area contributed by atoms with Crippen LogP contribution in [0.1, 0.15) is 6.42 Å². The van der Waals surface area contributed by atoms with Crippen LogP contribution in [0.2, 0.25) is 0 Å². The predicted molar refractivity (Wildman–Crippen MR) is 83.5 cm³/mol. The molecule has 2 aromatic carbocycles. The van der Waals surface area contributed by atoms with Crippen LogP contribution in [0.5, 0.6) is 11.5 Å². The number of para-hydroxylation sites is 1. The van der Waals surface area contributed by atoms with E-state index in [-0.39, 0.29) is 25.0 Å². The summed E-state index contributed by atoms with van der Waals surface area (Å²) in [6.07, 6.45) is 0.127. The van der Waals surface area contributed by atoms with Crippen LogP contribution in [0.3, 0.4) is 0 Å². The minimum Gasteiger partial charge on any atom is -0.454 e. The molecule has 0 aliphatic carbocycles. The summed E-state index contributed by atoms with van der Waals surface area (Å²) in [6, 6.07) is 13.7. The van der Waals surface area contributed by atoms with Crippen LogP contribution < -0.4 is 19.7 Å². The van der Waals surface area contributed by atoms with E-state index in [1.165, 1.54) is 4.90 Å². The standard InChI is InChI=1S/C17H14N2O4/c20-16-9-13(17(21)19(16)12-4-2-1-3-5-12)18-11-6-7-14-15(8-11)23-10-22-14/h1-8,13,18H,9-10H2/t13-/m0/s1.